The highest BCUT2D eigenvalue weighted by molar-refractivity contribution is 8.04. The van der Waals surface area contributed by atoms with Crippen LogP contribution in [0.2, 0.25) is 0 Å². The Balaban J connectivity index is 2.05. The van der Waals surface area contributed by atoms with Crippen LogP contribution in [0.25, 0.3) is 5.57 Å². The van der Waals surface area contributed by atoms with Gasteiger partial charge in [0.25, 0.3) is 11.8 Å². The summed E-state index contributed by atoms with van der Waals surface area (Å²) in [5.74, 6) is 0.207. The molecule has 3 rings (SSSR count). The zero-order chi connectivity index (χ0) is 19.6. The van der Waals surface area contributed by atoms with Gasteiger partial charge in [0.1, 0.15) is 5.75 Å². The van der Waals surface area contributed by atoms with Crippen LogP contribution in [0.1, 0.15) is 31.9 Å². The minimum absolute atomic E-state index is 0.187. The molecule has 27 heavy (non-hydrogen) atoms. The monoisotopic (exact) mass is 381 g/mol. The number of imide groups is 1. The normalized spacial score (nSPS) is 14.5. The van der Waals surface area contributed by atoms with Gasteiger partial charge < -0.3 is 4.74 Å². The fourth-order valence-corrected chi connectivity index (χ4v) is 3.98. The summed E-state index contributed by atoms with van der Waals surface area (Å²) in [6.45, 7) is 8.47. The van der Waals surface area contributed by atoms with E-state index in [1.54, 1.807) is 6.07 Å². The molecule has 2 aromatic carbocycles. The summed E-state index contributed by atoms with van der Waals surface area (Å²) in [6, 6.07) is 14.8. The van der Waals surface area contributed by atoms with Crippen molar-refractivity contribution in [2.24, 2.45) is 0 Å². The summed E-state index contributed by atoms with van der Waals surface area (Å²) in [7, 11) is 0. The molecule has 2 aromatic rings. The van der Waals surface area contributed by atoms with Crippen molar-refractivity contribution >= 4 is 34.8 Å². The summed E-state index contributed by atoms with van der Waals surface area (Å²) >= 11 is 1.43. The third-order valence-corrected chi connectivity index (χ3v) is 5.19. The topological polar surface area (TPSA) is 46.6 Å². The van der Waals surface area contributed by atoms with E-state index in [2.05, 4.69) is 0 Å². The van der Waals surface area contributed by atoms with Crippen LogP contribution in [-0.2, 0) is 9.59 Å². The molecule has 0 fully saturated rings. The molecule has 4 nitrogen and oxygen atoms in total. The average Bonchev–Trinajstić information content (AvgIpc) is 2.86. The third-order valence-electron chi connectivity index (χ3n) is 4.11. The number of carbonyl (C=O) groups is 2. The molecule has 0 N–H and O–H groups in total. The number of rotatable bonds is 6. The largest absolute Gasteiger partial charge is 0.494 e. The predicted molar refractivity (Wildman–Crippen MR) is 111 cm³/mol. The Labute approximate surface area is 164 Å². The number of carbonyl (C=O) groups excluding carboxylic acids is 2. The quantitative estimate of drug-likeness (QED) is 0.673. The van der Waals surface area contributed by atoms with Gasteiger partial charge in [0.05, 0.1) is 22.8 Å². The van der Waals surface area contributed by atoms with Crippen LogP contribution in [0, 0.1) is 6.92 Å². The highest BCUT2D eigenvalue weighted by Gasteiger charge is 2.40. The van der Waals surface area contributed by atoms with Crippen molar-refractivity contribution < 1.29 is 14.3 Å². The molecular formula is C22H23NO3S. The Morgan fingerprint density at radius 2 is 1.74 bits per heavy atom. The maximum atomic E-state index is 13.2. The Bertz CT molecular complexity index is 900. The Kier molecular flexibility index (Phi) is 5.71. The Hall–Kier alpha value is -2.53. The van der Waals surface area contributed by atoms with Crippen molar-refractivity contribution in [3.63, 3.8) is 0 Å². The van der Waals surface area contributed by atoms with E-state index < -0.39 is 0 Å². The number of anilines is 1. The first-order valence-electron chi connectivity index (χ1n) is 9.02. The molecule has 1 aliphatic heterocycles. The van der Waals surface area contributed by atoms with Gasteiger partial charge in [-0.2, -0.15) is 0 Å². The number of ether oxygens (including phenoxy) is 1. The van der Waals surface area contributed by atoms with Gasteiger partial charge >= 0.3 is 0 Å². The number of nitrogens with zero attached hydrogens (tertiary/aromatic N) is 1. The molecule has 140 valence electrons. The second kappa shape index (κ2) is 8.01. The van der Waals surface area contributed by atoms with Crippen molar-refractivity contribution in [1.82, 2.24) is 0 Å². The minimum Gasteiger partial charge on any atom is -0.494 e. The average molecular weight is 381 g/mol. The summed E-state index contributed by atoms with van der Waals surface area (Å²) in [6.07, 6.45) is 0. The van der Waals surface area contributed by atoms with Crippen molar-refractivity contribution in [2.45, 2.75) is 32.9 Å². The van der Waals surface area contributed by atoms with E-state index in [-0.39, 0.29) is 17.1 Å². The SMILES string of the molecule is CCOc1ccc(C2=C(SC(C)C)C(=O)N(c3cccc(C)c3)C2=O)cc1. The molecule has 0 aromatic heterocycles. The van der Waals surface area contributed by atoms with Gasteiger partial charge in [0, 0.05) is 5.25 Å². The molecule has 0 saturated carbocycles. The molecule has 1 heterocycles. The minimum atomic E-state index is -0.280. The number of hydrogen-bond donors (Lipinski definition) is 0. The predicted octanol–water partition coefficient (Wildman–Crippen LogP) is 4.82. The molecule has 0 atom stereocenters. The second-order valence-electron chi connectivity index (χ2n) is 6.61. The first kappa shape index (κ1) is 19.2. The van der Waals surface area contributed by atoms with Gasteiger partial charge in [-0.25, -0.2) is 4.90 Å². The van der Waals surface area contributed by atoms with Gasteiger partial charge in [-0.3, -0.25) is 9.59 Å². The molecule has 0 spiro atoms. The standard InChI is InChI=1S/C22H23NO3S/c1-5-26-18-11-9-16(10-12-18)19-20(27-14(2)3)22(25)23(21(19)24)17-8-6-7-15(4)13-17/h6-14H,5H2,1-4H3. The first-order chi connectivity index (χ1) is 12.9. The van der Waals surface area contributed by atoms with Gasteiger partial charge in [-0.1, -0.05) is 38.1 Å². The zero-order valence-electron chi connectivity index (χ0n) is 16.0. The summed E-state index contributed by atoms with van der Waals surface area (Å²) in [4.78, 5) is 28.1. The lowest BCUT2D eigenvalue weighted by Gasteiger charge is -2.16. The number of benzene rings is 2. The summed E-state index contributed by atoms with van der Waals surface area (Å²) < 4.78 is 5.48. The highest BCUT2D eigenvalue weighted by Crippen LogP contribution is 2.40. The lowest BCUT2D eigenvalue weighted by Crippen LogP contribution is -2.31. The molecule has 0 aliphatic carbocycles. The van der Waals surface area contributed by atoms with Crippen molar-refractivity contribution in [1.29, 1.82) is 0 Å². The smallest absolute Gasteiger partial charge is 0.272 e. The maximum Gasteiger partial charge on any atom is 0.272 e. The zero-order valence-corrected chi connectivity index (χ0v) is 16.8. The van der Waals surface area contributed by atoms with Crippen molar-refractivity contribution in [2.75, 3.05) is 11.5 Å². The van der Waals surface area contributed by atoms with Crippen LogP contribution < -0.4 is 9.64 Å². The highest BCUT2D eigenvalue weighted by atomic mass is 32.2. The fourth-order valence-electron chi connectivity index (χ4n) is 3.00. The van der Waals surface area contributed by atoms with Crippen LogP contribution in [0.3, 0.4) is 0 Å². The third kappa shape index (κ3) is 3.93. The first-order valence-corrected chi connectivity index (χ1v) is 9.90. The van der Waals surface area contributed by atoms with Crippen LogP contribution in [0.4, 0.5) is 5.69 Å². The van der Waals surface area contributed by atoms with Crippen LogP contribution in [-0.4, -0.2) is 23.7 Å². The van der Waals surface area contributed by atoms with E-state index in [4.69, 9.17) is 4.74 Å². The molecule has 0 radical (unpaired) electrons. The van der Waals surface area contributed by atoms with Gasteiger partial charge in [-0.05, 0) is 49.2 Å². The molecule has 1 aliphatic rings. The van der Waals surface area contributed by atoms with Crippen molar-refractivity contribution in [3.05, 3.63) is 64.6 Å². The number of thioether (sulfide) groups is 1. The van der Waals surface area contributed by atoms with Gasteiger partial charge in [0.2, 0.25) is 0 Å². The van der Waals surface area contributed by atoms with Crippen LogP contribution >= 0.6 is 11.8 Å². The summed E-state index contributed by atoms with van der Waals surface area (Å²) in [5, 5.41) is 0.187. The number of amides is 2. The Morgan fingerprint density at radius 1 is 1.04 bits per heavy atom. The fraction of sp³-hybridized carbons (Fsp3) is 0.273. The van der Waals surface area contributed by atoms with E-state index in [0.717, 1.165) is 16.9 Å². The van der Waals surface area contributed by atoms with E-state index in [1.807, 2.05) is 70.2 Å². The van der Waals surface area contributed by atoms with E-state index in [9.17, 15) is 9.59 Å². The van der Waals surface area contributed by atoms with Gasteiger partial charge in [0.15, 0.2) is 0 Å². The molecule has 0 bridgehead atoms. The van der Waals surface area contributed by atoms with E-state index in [0.29, 0.717) is 22.8 Å². The van der Waals surface area contributed by atoms with Gasteiger partial charge in [-0.15, -0.1) is 11.8 Å². The van der Waals surface area contributed by atoms with E-state index >= 15 is 0 Å². The van der Waals surface area contributed by atoms with E-state index in [1.165, 1.54) is 16.7 Å². The van der Waals surface area contributed by atoms with Crippen LogP contribution in [0.15, 0.2) is 53.4 Å². The lowest BCUT2D eigenvalue weighted by molar-refractivity contribution is -0.119. The molecule has 0 unspecified atom stereocenters. The molecule has 5 heteroatoms. The number of aryl methyl sites for hydroxylation is 1. The lowest BCUT2D eigenvalue weighted by atomic mass is 10.1. The maximum absolute atomic E-state index is 13.2. The Morgan fingerprint density at radius 3 is 2.33 bits per heavy atom. The van der Waals surface area contributed by atoms with Crippen LogP contribution in [0.5, 0.6) is 5.75 Å². The summed E-state index contributed by atoms with van der Waals surface area (Å²) in [5.41, 5.74) is 2.80. The molecular weight excluding hydrogens is 358 g/mol. The number of hydrogen-bond acceptors (Lipinski definition) is 4. The van der Waals surface area contributed by atoms with Crippen molar-refractivity contribution in [3.8, 4) is 5.75 Å². The second-order valence-corrected chi connectivity index (χ2v) is 8.20. The molecule has 0 saturated heterocycles. The molecule has 2 amide bonds.